The van der Waals surface area contributed by atoms with E-state index in [2.05, 4.69) is 26.8 Å². The van der Waals surface area contributed by atoms with Gasteiger partial charge in [0.2, 0.25) is 0 Å². The van der Waals surface area contributed by atoms with Crippen LogP contribution in [0.15, 0.2) is 30.5 Å². The first-order valence-corrected chi connectivity index (χ1v) is 7.06. The molecule has 114 valence electrons. The third-order valence-electron chi connectivity index (χ3n) is 3.11. The fourth-order valence-corrected chi connectivity index (χ4v) is 1.99. The second kappa shape index (κ2) is 7.22. The van der Waals surface area contributed by atoms with Crippen LogP contribution < -0.4 is 10.6 Å². The molecule has 0 aliphatic rings. The highest BCUT2D eigenvalue weighted by Gasteiger charge is 2.14. The fourth-order valence-electron chi connectivity index (χ4n) is 1.99. The molecule has 2 aromatic heterocycles. The first kappa shape index (κ1) is 15.5. The van der Waals surface area contributed by atoms with Crippen molar-refractivity contribution in [3.8, 4) is 11.9 Å². The molecule has 0 fully saturated rings. The number of nitriles is 1. The molecule has 0 saturated heterocycles. The quantitative estimate of drug-likeness (QED) is 0.885. The van der Waals surface area contributed by atoms with Crippen LogP contribution in [0, 0.1) is 18.3 Å². The van der Waals surface area contributed by atoms with Crippen molar-refractivity contribution in [3.63, 3.8) is 0 Å². The highest BCUT2D eigenvalue weighted by Crippen LogP contribution is 2.15. The number of carbonyl (C=O) groups excluding carboxylic acids is 1. The lowest BCUT2D eigenvalue weighted by atomic mass is 10.2. The number of aromatic nitrogens is 3. The van der Waals surface area contributed by atoms with Crippen LogP contribution in [0.4, 0.5) is 10.6 Å². The van der Waals surface area contributed by atoms with Gasteiger partial charge in [-0.15, -0.1) is 0 Å². The van der Waals surface area contributed by atoms with Crippen molar-refractivity contribution in [3.05, 3.63) is 36.2 Å². The number of aryl methyl sites for hydroxylation is 1. The summed E-state index contributed by atoms with van der Waals surface area (Å²) in [6.07, 6.45) is 2.64. The summed E-state index contributed by atoms with van der Waals surface area (Å²) in [6.45, 7) is 3.76. The molecule has 0 aliphatic carbocycles. The van der Waals surface area contributed by atoms with E-state index in [1.54, 1.807) is 23.0 Å². The average molecular weight is 298 g/mol. The zero-order valence-corrected chi connectivity index (χ0v) is 12.6. The van der Waals surface area contributed by atoms with Crippen LogP contribution in [0.1, 0.15) is 25.5 Å². The maximum atomic E-state index is 12.1. The molecule has 2 N–H and O–H groups in total. The minimum absolute atomic E-state index is 0.169. The molecule has 2 rings (SSSR count). The zero-order valence-electron chi connectivity index (χ0n) is 12.6. The summed E-state index contributed by atoms with van der Waals surface area (Å²) in [7, 11) is 0. The van der Waals surface area contributed by atoms with Crippen molar-refractivity contribution in [1.82, 2.24) is 20.1 Å². The predicted molar refractivity (Wildman–Crippen MR) is 82.6 cm³/mol. The lowest BCUT2D eigenvalue weighted by Gasteiger charge is -2.14. The molecule has 0 saturated carbocycles. The molecule has 0 aliphatic heterocycles. The second-order valence-corrected chi connectivity index (χ2v) is 4.84. The van der Waals surface area contributed by atoms with Crippen LogP contribution in [0.3, 0.4) is 0 Å². The molecule has 0 bridgehead atoms. The SMILES string of the molecule is CC[C@H](CC#N)NC(=O)Nc1cc(C)nn1-c1ccccn1. The number of urea groups is 1. The van der Waals surface area contributed by atoms with E-state index < -0.39 is 0 Å². The lowest BCUT2D eigenvalue weighted by molar-refractivity contribution is 0.248. The number of hydrogen-bond donors (Lipinski definition) is 2. The predicted octanol–water partition coefficient (Wildman–Crippen LogP) is 2.39. The number of anilines is 1. The van der Waals surface area contributed by atoms with E-state index in [0.29, 0.717) is 18.1 Å². The largest absolute Gasteiger partial charge is 0.334 e. The molecule has 0 aromatic carbocycles. The number of nitrogens with one attached hydrogen (secondary N) is 2. The van der Waals surface area contributed by atoms with Crippen LogP contribution in [0.5, 0.6) is 0 Å². The van der Waals surface area contributed by atoms with Crippen LogP contribution in [0.25, 0.3) is 5.82 Å². The second-order valence-electron chi connectivity index (χ2n) is 4.84. The van der Waals surface area contributed by atoms with Gasteiger partial charge in [0, 0.05) is 18.3 Å². The van der Waals surface area contributed by atoms with Crippen molar-refractivity contribution >= 4 is 11.8 Å². The van der Waals surface area contributed by atoms with Crippen molar-refractivity contribution in [2.24, 2.45) is 0 Å². The highest BCUT2D eigenvalue weighted by atomic mass is 16.2. The lowest BCUT2D eigenvalue weighted by Crippen LogP contribution is -2.37. The van der Waals surface area contributed by atoms with Crippen LogP contribution in [0.2, 0.25) is 0 Å². The van der Waals surface area contributed by atoms with Crippen molar-refractivity contribution in [2.75, 3.05) is 5.32 Å². The number of carbonyl (C=O) groups is 1. The van der Waals surface area contributed by atoms with E-state index in [1.165, 1.54) is 0 Å². The van der Waals surface area contributed by atoms with Crippen molar-refractivity contribution in [2.45, 2.75) is 32.7 Å². The topological polar surface area (TPSA) is 95.6 Å². The van der Waals surface area contributed by atoms with E-state index in [-0.39, 0.29) is 18.5 Å². The summed E-state index contributed by atoms with van der Waals surface area (Å²) in [5.74, 6) is 1.15. The number of hydrogen-bond acceptors (Lipinski definition) is 4. The molecule has 0 radical (unpaired) electrons. The number of amides is 2. The van der Waals surface area contributed by atoms with Gasteiger partial charge in [-0.3, -0.25) is 5.32 Å². The van der Waals surface area contributed by atoms with E-state index in [9.17, 15) is 4.79 Å². The molecule has 7 nitrogen and oxygen atoms in total. The molecule has 2 aromatic rings. The van der Waals surface area contributed by atoms with E-state index in [0.717, 1.165) is 5.69 Å². The first-order valence-electron chi connectivity index (χ1n) is 7.06. The smallest absolute Gasteiger partial charge is 0.320 e. The minimum atomic E-state index is -0.362. The Morgan fingerprint density at radius 1 is 1.50 bits per heavy atom. The molecule has 0 unspecified atom stereocenters. The van der Waals surface area contributed by atoms with E-state index in [1.807, 2.05) is 26.0 Å². The monoisotopic (exact) mass is 298 g/mol. The Morgan fingerprint density at radius 2 is 2.32 bits per heavy atom. The van der Waals surface area contributed by atoms with Gasteiger partial charge in [0.15, 0.2) is 5.82 Å². The first-order chi connectivity index (χ1) is 10.6. The van der Waals surface area contributed by atoms with Gasteiger partial charge in [-0.2, -0.15) is 15.0 Å². The number of rotatable bonds is 5. The standard InChI is InChI=1S/C15H18N6O/c1-3-12(7-8-16)18-15(22)19-14-10-11(2)20-21(14)13-6-4-5-9-17-13/h4-6,9-10,12H,3,7H2,1-2H3,(H2,18,19,22)/t12-/m1/s1. The molecule has 2 amide bonds. The van der Waals surface area contributed by atoms with Gasteiger partial charge in [0.1, 0.15) is 5.82 Å². The Kier molecular flexibility index (Phi) is 5.09. The summed E-state index contributed by atoms with van der Waals surface area (Å²) < 4.78 is 1.57. The molecule has 1 atom stereocenters. The molecule has 7 heteroatoms. The molecule has 2 heterocycles. The average Bonchev–Trinajstić information content (AvgIpc) is 2.88. The van der Waals surface area contributed by atoms with Gasteiger partial charge < -0.3 is 5.32 Å². The third-order valence-corrected chi connectivity index (χ3v) is 3.11. The van der Waals surface area contributed by atoms with Crippen molar-refractivity contribution < 1.29 is 4.79 Å². The van der Waals surface area contributed by atoms with Gasteiger partial charge in [0.05, 0.1) is 18.2 Å². The van der Waals surface area contributed by atoms with Crippen molar-refractivity contribution in [1.29, 1.82) is 5.26 Å². The van der Waals surface area contributed by atoms with Gasteiger partial charge in [-0.25, -0.2) is 9.78 Å². The Labute approximate surface area is 129 Å². The number of nitrogens with zero attached hydrogens (tertiary/aromatic N) is 4. The maximum absolute atomic E-state index is 12.1. The molecule has 0 spiro atoms. The Balaban J connectivity index is 2.13. The molecular weight excluding hydrogens is 280 g/mol. The van der Waals surface area contributed by atoms with Crippen LogP contribution >= 0.6 is 0 Å². The van der Waals surface area contributed by atoms with Crippen LogP contribution in [-0.4, -0.2) is 26.8 Å². The Morgan fingerprint density at radius 3 is 2.95 bits per heavy atom. The zero-order chi connectivity index (χ0) is 15.9. The summed E-state index contributed by atoms with van der Waals surface area (Å²) in [4.78, 5) is 16.3. The van der Waals surface area contributed by atoms with Gasteiger partial charge in [-0.05, 0) is 25.5 Å². The van der Waals surface area contributed by atoms with Crippen LogP contribution in [-0.2, 0) is 0 Å². The maximum Gasteiger partial charge on any atom is 0.320 e. The number of pyridine rings is 1. The molecular formula is C15H18N6O. The van der Waals surface area contributed by atoms with Gasteiger partial charge in [-0.1, -0.05) is 13.0 Å². The van der Waals surface area contributed by atoms with E-state index in [4.69, 9.17) is 5.26 Å². The van der Waals surface area contributed by atoms with Gasteiger partial charge >= 0.3 is 6.03 Å². The normalized spacial score (nSPS) is 11.5. The Bertz CT molecular complexity index is 673. The fraction of sp³-hybridized carbons (Fsp3) is 0.333. The minimum Gasteiger partial charge on any atom is -0.334 e. The van der Waals surface area contributed by atoms with E-state index >= 15 is 0 Å². The summed E-state index contributed by atoms with van der Waals surface area (Å²) in [6, 6.07) is 8.76. The molecule has 22 heavy (non-hydrogen) atoms. The summed E-state index contributed by atoms with van der Waals surface area (Å²) in [5.41, 5.74) is 0.769. The Hall–Kier alpha value is -2.88. The van der Waals surface area contributed by atoms with Gasteiger partial charge in [0.25, 0.3) is 0 Å². The summed E-state index contributed by atoms with van der Waals surface area (Å²) in [5, 5.41) is 18.6. The third kappa shape index (κ3) is 3.82. The highest BCUT2D eigenvalue weighted by molar-refractivity contribution is 5.88. The summed E-state index contributed by atoms with van der Waals surface area (Å²) >= 11 is 0.